The number of hydrogen-bond donors (Lipinski definition) is 1. The zero-order valence-electron chi connectivity index (χ0n) is 18.7. The second kappa shape index (κ2) is 9.57. The van der Waals surface area contributed by atoms with E-state index in [0.29, 0.717) is 17.4 Å². The minimum absolute atomic E-state index is 0.0380. The molecule has 4 aromatic rings. The van der Waals surface area contributed by atoms with E-state index in [2.05, 4.69) is 20.7 Å². The van der Waals surface area contributed by atoms with Crippen LogP contribution in [0.2, 0.25) is 0 Å². The van der Waals surface area contributed by atoms with Crippen molar-refractivity contribution in [3.8, 4) is 11.6 Å². The van der Waals surface area contributed by atoms with Gasteiger partial charge in [0.15, 0.2) is 5.76 Å². The Hall–Kier alpha value is -4.22. The van der Waals surface area contributed by atoms with Crippen LogP contribution in [-0.2, 0) is 28.9 Å². The molecular weight excluding hydrogens is 467 g/mol. The quantitative estimate of drug-likeness (QED) is 0.372. The summed E-state index contributed by atoms with van der Waals surface area (Å²) in [5.74, 6) is -0.671. The van der Waals surface area contributed by atoms with Gasteiger partial charge in [0.2, 0.25) is 12.6 Å². The third-order valence-electron chi connectivity index (χ3n) is 5.03. The van der Waals surface area contributed by atoms with Crippen molar-refractivity contribution in [2.75, 3.05) is 5.32 Å². The molecule has 0 bridgehead atoms. The van der Waals surface area contributed by atoms with Gasteiger partial charge in [0.05, 0.1) is 5.56 Å². The number of anilines is 1. The predicted octanol–water partition coefficient (Wildman–Crippen LogP) is 4.83. The molecule has 1 N–H and O–H groups in total. The molecule has 0 unspecified atom stereocenters. The third kappa shape index (κ3) is 5.48. The number of furan rings is 1. The molecule has 35 heavy (non-hydrogen) atoms. The second-order valence-electron chi connectivity index (χ2n) is 7.69. The molecule has 2 heterocycles. The number of aromatic nitrogens is 4. The van der Waals surface area contributed by atoms with Gasteiger partial charge in [-0.1, -0.05) is 25.5 Å². The Balaban J connectivity index is 1.54. The fourth-order valence-corrected chi connectivity index (χ4v) is 3.44. The van der Waals surface area contributed by atoms with Gasteiger partial charge in [-0.3, -0.25) is 9.59 Å². The molecule has 4 rings (SSSR count). The molecule has 0 spiro atoms. The first kappa shape index (κ1) is 23.9. The normalized spacial score (nSPS) is 11.6. The van der Waals surface area contributed by atoms with Crippen LogP contribution in [0.1, 0.15) is 41.8 Å². The first-order chi connectivity index (χ1) is 16.6. The van der Waals surface area contributed by atoms with Crippen molar-refractivity contribution in [2.24, 2.45) is 0 Å². The van der Waals surface area contributed by atoms with E-state index in [1.54, 1.807) is 19.1 Å². The molecule has 0 atom stereocenters. The molecule has 9 nitrogen and oxygen atoms in total. The Morgan fingerprint density at radius 1 is 1.14 bits per heavy atom. The lowest BCUT2D eigenvalue weighted by Crippen LogP contribution is -2.14. The summed E-state index contributed by atoms with van der Waals surface area (Å²) >= 11 is 0. The number of alkyl halides is 3. The van der Waals surface area contributed by atoms with Crippen molar-refractivity contribution >= 4 is 28.5 Å². The molecule has 1 amide bonds. The monoisotopic (exact) mass is 487 g/mol. The van der Waals surface area contributed by atoms with Crippen molar-refractivity contribution < 1.29 is 31.9 Å². The van der Waals surface area contributed by atoms with E-state index in [1.165, 1.54) is 31.2 Å². The van der Waals surface area contributed by atoms with Crippen molar-refractivity contribution in [2.45, 2.75) is 39.6 Å². The van der Waals surface area contributed by atoms with E-state index in [-0.39, 0.29) is 41.6 Å². The van der Waals surface area contributed by atoms with E-state index in [0.717, 1.165) is 10.9 Å². The van der Waals surface area contributed by atoms with Crippen molar-refractivity contribution in [1.82, 2.24) is 20.2 Å². The molecule has 0 saturated heterocycles. The average molecular weight is 487 g/mol. The molecule has 2 aromatic carbocycles. The average Bonchev–Trinajstić information content (AvgIpc) is 3.44. The van der Waals surface area contributed by atoms with Gasteiger partial charge >= 0.3 is 12.1 Å². The van der Waals surface area contributed by atoms with Crippen molar-refractivity contribution in [1.29, 1.82) is 0 Å². The third-order valence-corrected chi connectivity index (χ3v) is 5.03. The number of hydrogen-bond acceptors (Lipinski definition) is 7. The lowest BCUT2D eigenvalue weighted by atomic mass is 10.0. The van der Waals surface area contributed by atoms with E-state index < -0.39 is 23.6 Å². The van der Waals surface area contributed by atoms with Crippen LogP contribution < -0.4 is 5.32 Å². The number of rotatable bonds is 7. The van der Waals surface area contributed by atoms with Crippen LogP contribution in [0.25, 0.3) is 22.6 Å². The lowest BCUT2D eigenvalue weighted by Gasteiger charge is -2.14. The van der Waals surface area contributed by atoms with Gasteiger partial charge in [0, 0.05) is 23.6 Å². The van der Waals surface area contributed by atoms with Crippen molar-refractivity contribution in [3.05, 3.63) is 59.2 Å². The largest absolute Gasteiger partial charge is 0.453 e. The second-order valence-corrected chi connectivity index (χ2v) is 7.69. The Morgan fingerprint density at radius 3 is 2.66 bits per heavy atom. The summed E-state index contributed by atoms with van der Waals surface area (Å²) in [6.45, 7) is 2.84. The Morgan fingerprint density at radius 2 is 1.94 bits per heavy atom. The summed E-state index contributed by atoms with van der Waals surface area (Å²) < 4.78 is 50.9. The van der Waals surface area contributed by atoms with Crippen LogP contribution in [0, 0.1) is 0 Å². The number of nitrogens with one attached hydrogen (secondary N) is 1. The number of halogens is 3. The minimum atomic E-state index is -4.53. The van der Waals surface area contributed by atoms with Crippen LogP contribution in [-0.4, -0.2) is 32.1 Å². The number of aryl methyl sites for hydroxylation is 1. The summed E-state index contributed by atoms with van der Waals surface area (Å²) in [6.07, 6.45) is -3.67. The predicted molar refractivity (Wildman–Crippen MR) is 118 cm³/mol. The number of tetrazole rings is 1. The van der Waals surface area contributed by atoms with Crippen LogP contribution >= 0.6 is 0 Å². The first-order valence-electron chi connectivity index (χ1n) is 10.6. The fourth-order valence-electron chi connectivity index (χ4n) is 3.44. The number of nitrogens with zero attached hydrogens (tertiary/aromatic N) is 4. The molecule has 182 valence electrons. The zero-order valence-corrected chi connectivity index (χ0v) is 18.7. The fraction of sp³-hybridized carbons (Fsp3) is 0.261. The van der Waals surface area contributed by atoms with Crippen molar-refractivity contribution in [3.63, 3.8) is 0 Å². The highest BCUT2D eigenvalue weighted by molar-refractivity contribution is 6.06. The highest BCUT2D eigenvalue weighted by atomic mass is 19.4. The van der Waals surface area contributed by atoms with Gasteiger partial charge in [-0.25, -0.2) is 0 Å². The van der Waals surface area contributed by atoms with E-state index in [9.17, 15) is 22.8 Å². The van der Waals surface area contributed by atoms with Crippen LogP contribution in [0.4, 0.5) is 18.9 Å². The molecule has 0 radical (unpaired) electrons. The maximum atomic E-state index is 13.4. The molecule has 2 aromatic heterocycles. The molecule has 0 aliphatic carbocycles. The van der Waals surface area contributed by atoms with E-state index in [4.69, 9.17) is 9.15 Å². The molecule has 12 heteroatoms. The summed E-state index contributed by atoms with van der Waals surface area (Å²) in [6, 6.07) is 10.0. The van der Waals surface area contributed by atoms with Gasteiger partial charge in [-0.15, -0.1) is 15.0 Å². The van der Waals surface area contributed by atoms with Gasteiger partial charge < -0.3 is 14.5 Å². The smallest absolute Gasteiger partial charge is 0.416 e. The Kier molecular flexibility index (Phi) is 6.54. The number of benzene rings is 2. The Bertz CT molecular complexity index is 1390. The van der Waals surface area contributed by atoms with Crippen LogP contribution in [0.15, 0.2) is 46.9 Å². The number of carbonyl (C=O) groups excluding carboxylic acids is 2. The molecule has 0 saturated carbocycles. The maximum absolute atomic E-state index is 13.4. The number of amides is 1. The SMILES string of the molecule is CCCc1ccc(NC(=O)c2ccc3cc(-c4nnn(COC(C)=O)n4)oc3c2)cc1C(F)(F)F. The number of fused-ring (bicyclic) bond motifs is 1. The van der Waals surface area contributed by atoms with E-state index >= 15 is 0 Å². The first-order valence-corrected chi connectivity index (χ1v) is 10.6. The zero-order chi connectivity index (χ0) is 25.2. The summed E-state index contributed by atoms with van der Waals surface area (Å²) in [4.78, 5) is 24.7. The highest BCUT2D eigenvalue weighted by Crippen LogP contribution is 2.34. The summed E-state index contributed by atoms with van der Waals surface area (Å²) in [5.41, 5.74) is -0.0104. The minimum Gasteiger partial charge on any atom is -0.453 e. The number of carbonyl (C=O) groups is 2. The number of ether oxygens (including phenoxy) is 1. The number of esters is 1. The summed E-state index contributed by atoms with van der Waals surface area (Å²) in [5, 5.41) is 14.8. The molecule has 0 aliphatic heterocycles. The maximum Gasteiger partial charge on any atom is 0.416 e. The molecule has 0 fully saturated rings. The summed E-state index contributed by atoms with van der Waals surface area (Å²) in [7, 11) is 0. The topological polar surface area (TPSA) is 112 Å². The van der Waals surface area contributed by atoms with Gasteiger partial charge in [-0.05, 0) is 47.5 Å². The standard InChI is InChI=1S/C23H20F3N5O4/c1-3-4-14-7-8-17(11-18(14)23(24,25)26)27-22(33)16-6-5-15-9-20(35-19(15)10-16)21-28-30-31(29-21)12-34-13(2)32/h5-11H,3-4,12H2,1-2H3,(H,27,33). The van der Waals surface area contributed by atoms with Crippen LogP contribution in [0.5, 0.6) is 0 Å². The van der Waals surface area contributed by atoms with Gasteiger partial charge in [0.25, 0.3) is 5.91 Å². The molecule has 0 aliphatic rings. The van der Waals surface area contributed by atoms with Gasteiger partial charge in [0.1, 0.15) is 5.58 Å². The van der Waals surface area contributed by atoms with Crippen LogP contribution in [0.3, 0.4) is 0 Å². The molecular formula is C23H20F3N5O4. The van der Waals surface area contributed by atoms with Gasteiger partial charge in [-0.2, -0.15) is 13.2 Å². The lowest BCUT2D eigenvalue weighted by molar-refractivity contribution is -0.145. The highest BCUT2D eigenvalue weighted by Gasteiger charge is 2.33. The van der Waals surface area contributed by atoms with E-state index in [1.807, 2.05) is 0 Å². The Labute approximate surface area is 196 Å².